The average Bonchev–Trinajstić information content (AvgIpc) is 2.86. The standard InChI is InChI=1S/C17H25N5O2/c1-17(2,3)22-15(18)14(20-16(23)19-10-11-24-4)13(21-22)12-8-6-5-7-9-12/h5-9H,10-11,18H2,1-4H3,(H2,19,20,23). The normalized spacial score (nSPS) is 11.3. The van der Waals surface area contributed by atoms with E-state index in [-0.39, 0.29) is 11.6 Å². The van der Waals surface area contributed by atoms with Gasteiger partial charge in [0.05, 0.1) is 12.1 Å². The number of rotatable bonds is 5. The summed E-state index contributed by atoms with van der Waals surface area (Å²) >= 11 is 0. The highest BCUT2D eigenvalue weighted by Crippen LogP contribution is 2.35. The van der Waals surface area contributed by atoms with E-state index in [4.69, 9.17) is 10.5 Å². The third-order valence-electron chi connectivity index (χ3n) is 3.43. The third-order valence-corrected chi connectivity index (χ3v) is 3.43. The Balaban J connectivity index is 2.37. The SMILES string of the molecule is COCCNC(=O)Nc1c(-c2ccccc2)nn(C(C)(C)C)c1N. The second kappa shape index (κ2) is 7.35. The van der Waals surface area contributed by atoms with Gasteiger partial charge in [-0.15, -0.1) is 0 Å². The van der Waals surface area contributed by atoms with Crippen LogP contribution in [0.5, 0.6) is 0 Å². The molecule has 0 saturated carbocycles. The zero-order valence-electron chi connectivity index (χ0n) is 14.6. The van der Waals surface area contributed by atoms with Crippen molar-refractivity contribution in [1.29, 1.82) is 0 Å². The summed E-state index contributed by atoms with van der Waals surface area (Å²) in [4.78, 5) is 12.1. The molecule has 2 aromatic rings. The van der Waals surface area contributed by atoms with Crippen molar-refractivity contribution >= 4 is 17.5 Å². The van der Waals surface area contributed by atoms with E-state index in [0.717, 1.165) is 5.56 Å². The lowest BCUT2D eigenvalue weighted by Crippen LogP contribution is -2.32. The monoisotopic (exact) mass is 331 g/mol. The number of hydrogen-bond acceptors (Lipinski definition) is 4. The largest absolute Gasteiger partial charge is 0.383 e. The number of nitrogens with two attached hydrogens (primary N) is 1. The first-order chi connectivity index (χ1) is 11.3. The van der Waals surface area contributed by atoms with Crippen LogP contribution >= 0.6 is 0 Å². The molecule has 0 aliphatic carbocycles. The van der Waals surface area contributed by atoms with Crippen molar-refractivity contribution < 1.29 is 9.53 Å². The Hall–Kier alpha value is -2.54. The minimum Gasteiger partial charge on any atom is -0.383 e. The van der Waals surface area contributed by atoms with Crippen molar-refractivity contribution in [3.05, 3.63) is 30.3 Å². The molecule has 0 fully saturated rings. The van der Waals surface area contributed by atoms with Crippen molar-refractivity contribution in [2.45, 2.75) is 26.3 Å². The molecule has 24 heavy (non-hydrogen) atoms. The van der Waals surface area contributed by atoms with Crippen molar-refractivity contribution in [2.75, 3.05) is 31.3 Å². The van der Waals surface area contributed by atoms with Crippen molar-refractivity contribution in [1.82, 2.24) is 15.1 Å². The smallest absolute Gasteiger partial charge is 0.319 e. The van der Waals surface area contributed by atoms with Gasteiger partial charge in [-0.05, 0) is 20.8 Å². The van der Waals surface area contributed by atoms with Crippen LogP contribution in [0.3, 0.4) is 0 Å². The Morgan fingerprint density at radius 3 is 2.54 bits per heavy atom. The molecule has 2 amide bonds. The molecule has 7 heteroatoms. The maximum Gasteiger partial charge on any atom is 0.319 e. The van der Waals surface area contributed by atoms with Gasteiger partial charge in [0.1, 0.15) is 17.2 Å². The highest BCUT2D eigenvalue weighted by Gasteiger charge is 2.25. The second-order valence-corrected chi connectivity index (χ2v) is 6.43. The van der Waals surface area contributed by atoms with Crippen LogP contribution in [0.4, 0.5) is 16.3 Å². The molecule has 0 unspecified atom stereocenters. The van der Waals surface area contributed by atoms with Gasteiger partial charge in [-0.2, -0.15) is 5.10 Å². The number of benzene rings is 1. The van der Waals surface area contributed by atoms with Gasteiger partial charge in [0, 0.05) is 19.2 Å². The van der Waals surface area contributed by atoms with Gasteiger partial charge in [-0.1, -0.05) is 30.3 Å². The Kier molecular flexibility index (Phi) is 5.46. The first kappa shape index (κ1) is 17.8. The number of ether oxygens (including phenoxy) is 1. The van der Waals surface area contributed by atoms with Crippen LogP contribution in [0.2, 0.25) is 0 Å². The Bertz CT molecular complexity index is 689. The summed E-state index contributed by atoms with van der Waals surface area (Å²) in [5.74, 6) is 0.420. The molecular weight excluding hydrogens is 306 g/mol. The molecule has 130 valence electrons. The molecule has 0 radical (unpaired) electrons. The van der Waals surface area contributed by atoms with Crippen LogP contribution in [0, 0.1) is 0 Å². The van der Waals surface area contributed by atoms with Crippen molar-refractivity contribution in [2.24, 2.45) is 0 Å². The van der Waals surface area contributed by atoms with E-state index in [1.54, 1.807) is 11.8 Å². The highest BCUT2D eigenvalue weighted by molar-refractivity contribution is 5.97. The van der Waals surface area contributed by atoms with E-state index < -0.39 is 0 Å². The molecule has 0 atom stereocenters. The number of aromatic nitrogens is 2. The van der Waals surface area contributed by atoms with Crippen LogP contribution in [0.25, 0.3) is 11.3 Å². The number of amides is 2. The van der Waals surface area contributed by atoms with E-state index in [0.29, 0.717) is 30.4 Å². The van der Waals surface area contributed by atoms with E-state index in [1.165, 1.54) is 0 Å². The van der Waals surface area contributed by atoms with E-state index in [9.17, 15) is 4.79 Å². The molecule has 2 rings (SSSR count). The highest BCUT2D eigenvalue weighted by atomic mass is 16.5. The molecule has 1 heterocycles. The maximum absolute atomic E-state index is 12.1. The fourth-order valence-corrected chi connectivity index (χ4v) is 2.29. The topological polar surface area (TPSA) is 94.2 Å². The molecule has 0 bridgehead atoms. The van der Waals surface area contributed by atoms with Crippen LogP contribution in [0.15, 0.2) is 30.3 Å². The number of anilines is 2. The van der Waals surface area contributed by atoms with Crippen molar-refractivity contribution in [3.63, 3.8) is 0 Å². The predicted molar refractivity (Wildman–Crippen MR) is 96.0 cm³/mol. The molecule has 1 aromatic carbocycles. The number of nitrogens with zero attached hydrogens (tertiary/aromatic N) is 2. The number of methoxy groups -OCH3 is 1. The second-order valence-electron chi connectivity index (χ2n) is 6.43. The number of carbonyl (C=O) groups is 1. The number of nitrogen functional groups attached to an aromatic ring is 1. The van der Waals surface area contributed by atoms with E-state index in [1.807, 2.05) is 51.1 Å². The lowest BCUT2D eigenvalue weighted by Gasteiger charge is -2.20. The lowest BCUT2D eigenvalue weighted by molar-refractivity contribution is 0.198. The fraction of sp³-hybridized carbons (Fsp3) is 0.412. The minimum atomic E-state index is -0.343. The third kappa shape index (κ3) is 4.05. The molecule has 4 N–H and O–H groups in total. The van der Waals surface area contributed by atoms with Crippen LogP contribution in [-0.4, -0.2) is 36.1 Å². The molecule has 1 aromatic heterocycles. The molecule has 7 nitrogen and oxygen atoms in total. The van der Waals surface area contributed by atoms with Gasteiger partial charge in [-0.3, -0.25) is 0 Å². The summed E-state index contributed by atoms with van der Waals surface area (Å²) in [6.45, 7) is 6.88. The summed E-state index contributed by atoms with van der Waals surface area (Å²) in [5.41, 5.74) is 8.00. The zero-order valence-corrected chi connectivity index (χ0v) is 14.6. The predicted octanol–water partition coefficient (Wildman–Crippen LogP) is 2.66. The fourth-order valence-electron chi connectivity index (χ4n) is 2.29. The van der Waals surface area contributed by atoms with Crippen LogP contribution in [-0.2, 0) is 10.3 Å². The van der Waals surface area contributed by atoms with E-state index >= 15 is 0 Å². The number of nitrogens with one attached hydrogen (secondary N) is 2. The summed E-state index contributed by atoms with van der Waals surface area (Å²) in [6.07, 6.45) is 0. The van der Waals surface area contributed by atoms with Gasteiger partial charge < -0.3 is 21.1 Å². The zero-order chi connectivity index (χ0) is 17.7. The van der Waals surface area contributed by atoms with Crippen molar-refractivity contribution in [3.8, 4) is 11.3 Å². The first-order valence-electron chi connectivity index (χ1n) is 7.82. The van der Waals surface area contributed by atoms with Crippen LogP contribution < -0.4 is 16.4 Å². The Labute approximate surface area is 142 Å². The molecular formula is C17H25N5O2. The molecule has 0 aliphatic rings. The van der Waals surface area contributed by atoms with E-state index in [2.05, 4.69) is 15.7 Å². The Morgan fingerprint density at radius 2 is 1.96 bits per heavy atom. The minimum absolute atomic E-state index is 0.305. The summed E-state index contributed by atoms with van der Waals surface area (Å²) in [6, 6.07) is 9.29. The maximum atomic E-state index is 12.1. The number of urea groups is 1. The lowest BCUT2D eigenvalue weighted by atomic mass is 10.1. The van der Waals surface area contributed by atoms with Gasteiger partial charge in [0.25, 0.3) is 0 Å². The molecule has 0 spiro atoms. The van der Waals surface area contributed by atoms with Gasteiger partial charge in [-0.25, -0.2) is 9.48 Å². The molecule has 0 aliphatic heterocycles. The molecule has 0 saturated heterocycles. The average molecular weight is 331 g/mol. The summed E-state index contributed by atoms with van der Waals surface area (Å²) < 4.78 is 6.65. The first-order valence-corrected chi connectivity index (χ1v) is 7.82. The summed E-state index contributed by atoms with van der Waals surface area (Å²) in [7, 11) is 1.58. The van der Waals surface area contributed by atoms with Gasteiger partial charge in [0.2, 0.25) is 0 Å². The van der Waals surface area contributed by atoms with Crippen LogP contribution in [0.1, 0.15) is 20.8 Å². The summed E-state index contributed by atoms with van der Waals surface area (Å²) in [5, 5.41) is 10.2. The van der Waals surface area contributed by atoms with Gasteiger partial charge in [0.15, 0.2) is 0 Å². The number of hydrogen-bond donors (Lipinski definition) is 3. The quantitative estimate of drug-likeness (QED) is 0.734. The number of carbonyl (C=O) groups excluding carboxylic acids is 1. The Morgan fingerprint density at radius 1 is 1.29 bits per heavy atom. The van der Waals surface area contributed by atoms with Gasteiger partial charge >= 0.3 is 6.03 Å².